The first-order valence-electron chi connectivity index (χ1n) is 8.14. The van der Waals surface area contributed by atoms with Crippen LogP contribution in [-0.4, -0.2) is 23.2 Å². The summed E-state index contributed by atoms with van der Waals surface area (Å²) in [5.74, 6) is -0.0731. The molecule has 5 N–H and O–H groups in total. The Kier molecular flexibility index (Phi) is 5.90. The lowest BCUT2D eigenvalue weighted by Gasteiger charge is -2.27. The minimum Gasteiger partial charge on any atom is -0.504 e. The van der Waals surface area contributed by atoms with Gasteiger partial charge in [-0.3, -0.25) is 4.79 Å². The zero-order valence-electron chi connectivity index (χ0n) is 15.1. The van der Waals surface area contributed by atoms with Crippen molar-refractivity contribution in [2.75, 3.05) is 18.2 Å². The molecule has 0 aliphatic carbocycles. The normalized spacial score (nSPS) is 12.8. The van der Waals surface area contributed by atoms with Crippen LogP contribution in [0.25, 0.3) is 0 Å². The highest BCUT2D eigenvalue weighted by Gasteiger charge is 2.27. The van der Waals surface area contributed by atoms with Gasteiger partial charge in [0.15, 0.2) is 11.5 Å². The number of hydrogen-bond donors (Lipinski definition) is 4. The number of rotatable bonds is 6. The largest absolute Gasteiger partial charge is 0.504 e. The molecule has 0 spiro atoms. The SMILES string of the molecule is COc1ccc([C@H](O)C(C)(C)/C=C/C(=O)Nc2ccccc2N)cc1O. The summed E-state index contributed by atoms with van der Waals surface area (Å²) in [5.41, 5.74) is 6.57. The summed E-state index contributed by atoms with van der Waals surface area (Å²) in [6.45, 7) is 3.58. The highest BCUT2D eigenvalue weighted by molar-refractivity contribution is 6.01. The highest BCUT2D eigenvalue weighted by atomic mass is 16.5. The maximum atomic E-state index is 12.1. The van der Waals surface area contributed by atoms with Crippen LogP contribution in [0.2, 0.25) is 0 Å². The van der Waals surface area contributed by atoms with Crippen LogP contribution in [0.3, 0.4) is 0 Å². The number of nitrogens with two attached hydrogens (primary N) is 1. The molecule has 26 heavy (non-hydrogen) atoms. The average Bonchev–Trinajstić information content (AvgIpc) is 2.61. The number of aromatic hydroxyl groups is 1. The number of hydrogen-bond acceptors (Lipinski definition) is 5. The topological polar surface area (TPSA) is 105 Å². The van der Waals surface area contributed by atoms with Gasteiger partial charge in [-0.25, -0.2) is 0 Å². The lowest BCUT2D eigenvalue weighted by molar-refractivity contribution is -0.112. The van der Waals surface area contributed by atoms with E-state index in [1.165, 1.54) is 19.3 Å². The van der Waals surface area contributed by atoms with Crippen molar-refractivity contribution in [1.82, 2.24) is 0 Å². The molecular weight excluding hydrogens is 332 g/mol. The molecule has 1 atom stereocenters. The minimum atomic E-state index is -0.926. The van der Waals surface area contributed by atoms with E-state index in [9.17, 15) is 15.0 Å². The molecule has 0 aliphatic heterocycles. The second-order valence-corrected chi connectivity index (χ2v) is 6.57. The fourth-order valence-corrected chi connectivity index (χ4v) is 2.47. The molecule has 0 bridgehead atoms. The number of carbonyl (C=O) groups is 1. The van der Waals surface area contributed by atoms with Gasteiger partial charge < -0.3 is 26.0 Å². The van der Waals surface area contributed by atoms with E-state index in [1.54, 1.807) is 56.3 Å². The van der Waals surface area contributed by atoms with E-state index in [1.807, 2.05) is 0 Å². The maximum absolute atomic E-state index is 12.1. The molecule has 0 fully saturated rings. The van der Waals surface area contributed by atoms with Crippen LogP contribution in [0, 0.1) is 5.41 Å². The lowest BCUT2D eigenvalue weighted by Crippen LogP contribution is -2.20. The van der Waals surface area contributed by atoms with Crippen molar-refractivity contribution in [3.05, 3.63) is 60.2 Å². The monoisotopic (exact) mass is 356 g/mol. The van der Waals surface area contributed by atoms with E-state index in [-0.39, 0.29) is 11.7 Å². The van der Waals surface area contributed by atoms with Gasteiger partial charge in [-0.05, 0) is 35.9 Å². The first kappa shape index (κ1) is 19.3. The van der Waals surface area contributed by atoms with Crippen molar-refractivity contribution < 1.29 is 19.7 Å². The third-order valence-corrected chi connectivity index (χ3v) is 4.11. The van der Waals surface area contributed by atoms with E-state index >= 15 is 0 Å². The standard InChI is InChI=1S/C20H24N2O4/c1-20(2,19(25)13-8-9-17(26-3)16(23)12-13)11-10-18(24)22-15-7-5-4-6-14(15)21/h4-12,19,23,25H,21H2,1-3H3,(H,22,24)/b11-10+/t19-/m0/s1. The maximum Gasteiger partial charge on any atom is 0.248 e. The van der Waals surface area contributed by atoms with Crippen LogP contribution < -0.4 is 15.8 Å². The number of aliphatic hydroxyl groups is 1. The molecule has 0 saturated heterocycles. The van der Waals surface area contributed by atoms with Crippen LogP contribution in [0.15, 0.2) is 54.6 Å². The van der Waals surface area contributed by atoms with E-state index in [2.05, 4.69) is 5.32 Å². The van der Waals surface area contributed by atoms with Gasteiger partial charge in [0.1, 0.15) is 0 Å². The zero-order valence-corrected chi connectivity index (χ0v) is 15.1. The summed E-state index contributed by atoms with van der Waals surface area (Å²) >= 11 is 0. The van der Waals surface area contributed by atoms with E-state index < -0.39 is 11.5 Å². The molecule has 1 amide bonds. The Morgan fingerprint density at radius 3 is 2.58 bits per heavy atom. The van der Waals surface area contributed by atoms with Gasteiger partial charge in [0, 0.05) is 5.41 Å². The number of phenols is 1. The number of aliphatic hydroxyl groups excluding tert-OH is 1. The molecule has 0 heterocycles. The Labute approximate surface area is 152 Å². The summed E-state index contributed by atoms with van der Waals surface area (Å²) in [5, 5.41) is 23.2. The van der Waals surface area contributed by atoms with Crippen LogP contribution in [0.1, 0.15) is 25.5 Å². The fourth-order valence-electron chi connectivity index (χ4n) is 2.47. The van der Waals surface area contributed by atoms with Crippen molar-refractivity contribution >= 4 is 17.3 Å². The Morgan fingerprint density at radius 2 is 1.96 bits per heavy atom. The summed E-state index contributed by atoms with van der Waals surface area (Å²) < 4.78 is 5.00. The van der Waals surface area contributed by atoms with Crippen LogP contribution in [0.5, 0.6) is 11.5 Å². The van der Waals surface area contributed by atoms with E-state index in [4.69, 9.17) is 10.5 Å². The van der Waals surface area contributed by atoms with Crippen LogP contribution in [-0.2, 0) is 4.79 Å². The van der Waals surface area contributed by atoms with Gasteiger partial charge in [-0.2, -0.15) is 0 Å². The second kappa shape index (κ2) is 7.93. The van der Waals surface area contributed by atoms with Crippen molar-refractivity contribution in [3.8, 4) is 11.5 Å². The first-order valence-corrected chi connectivity index (χ1v) is 8.14. The number of nitrogen functional groups attached to an aromatic ring is 1. The predicted octanol–water partition coefficient (Wildman–Crippen LogP) is 3.24. The Bertz CT molecular complexity index is 815. The molecule has 2 rings (SSSR count). The molecule has 6 heteroatoms. The number of anilines is 2. The van der Waals surface area contributed by atoms with Crippen LogP contribution in [0.4, 0.5) is 11.4 Å². The molecular formula is C20H24N2O4. The predicted molar refractivity (Wildman–Crippen MR) is 102 cm³/mol. The number of carbonyl (C=O) groups excluding carboxylic acids is 1. The number of para-hydroxylation sites is 2. The number of amides is 1. The second-order valence-electron chi connectivity index (χ2n) is 6.57. The molecule has 0 radical (unpaired) electrons. The summed E-state index contributed by atoms with van der Waals surface area (Å²) in [6, 6.07) is 11.7. The molecule has 0 aliphatic rings. The van der Waals surface area contributed by atoms with Gasteiger partial charge in [0.25, 0.3) is 0 Å². The first-order chi connectivity index (χ1) is 12.2. The summed E-state index contributed by atoms with van der Waals surface area (Å²) in [7, 11) is 1.45. The zero-order chi connectivity index (χ0) is 19.3. The Hall–Kier alpha value is -2.99. The molecule has 0 unspecified atom stereocenters. The number of phenolic OH excluding ortho intramolecular Hbond substituents is 1. The van der Waals surface area contributed by atoms with Crippen molar-refractivity contribution in [2.24, 2.45) is 5.41 Å². The third-order valence-electron chi connectivity index (χ3n) is 4.11. The van der Waals surface area contributed by atoms with Gasteiger partial charge in [-0.15, -0.1) is 0 Å². The van der Waals surface area contributed by atoms with Crippen molar-refractivity contribution in [1.29, 1.82) is 0 Å². The molecule has 138 valence electrons. The van der Waals surface area contributed by atoms with Crippen molar-refractivity contribution in [3.63, 3.8) is 0 Å². The van der Waals surface area contributed by atoms with E-state index in [0.717, 1.165) is 0 Å². The third kappa shape index (κ3) is 4.55. The van der Waals surface area contributed by atoms with Gasteiger partial charge in [0.05, 0.1) is 24.6 Å². The Balaban J connectivity index is 2.11. The smallest absolute Gasteiger partial charge is 0.248 e. The lowest BCUT2D eigenvalue weighted by atomic mass is 9.82. The Morgan fingerprint density at radius 1 is 1.27 bits per heavy atom. The molecule has 6 nitrogen and oxygen atoms in total. The average molecular weight is 356 g/mol. The molecule has 0 aromatic heterocycles. The van der Waals surface area contributed by atoms with E-state index in [0.29, 0.717) is 22.7 Å². The van der Waals surface area contributed by atoms with Gasteiger partial charge >= 0.3 is 0 Å². The van der Waals surface area contributed by atoms with Crippen molar-refractivity contribution in [2.45, 2.75) is 20.0 Å². The number of methoxy groups -OCH3 is 1. The number of ether oxygens (including phenoxy) is 1. The quantitative estimate of drug-likeness (QED) is 0.470. The highest BCUT2D eigenvalue weighted by Crippen LogP contribution is 2.38. The minimum absolute atomic E-state index is 0.0545. The molecule has 2 aromatic carbocycles. The molecule has 2 aromatic rings. The van der Waals surface area contributed by atoms with Gasteiger partial charge in [-0.1, -0.05) is 38.1 Å². The van der Waals surface area contributed by atoms with Gasteiger partial charge in [0.2, 0.25) is 5.91 Å². The number of benzene rings is 2. The number of nitrogens with one attached hydrogen (secondary N) is 1. The van der Waals surface area contributed by atoms with Crippen LogP contribution >= 0.6 is 0 Å². The fraction of sp³-hybridized carbons (Fsp3) is 0.250. The summed E-state index contributed by atoms with van der Waals surface area (Å²) in [4.78, 5) is 12.1. The molecule has 0 saturated carbocycles. The summed E-state index contributed by atoms with van der Waals surface area (Å²) in [6.07, 6.45) is 2.05.